The van der Waals surface area contributed by atoms with Gasteiger partial charge in [0.25, 0.3) is 0 Å². The van der Waals surface area contributed by atoms with Gasteiger partial charge < -0.3 is 19.7 Å². The number of nitrogens with zero attached hydrogens (tertiary/aromatic N) is 2. The van der Waals surface area contributed by atoms with Gasteiger partial charge in [0.1, 0.15) is 6.04 Å². The van der Waals surface area contributed by atoms with Crippen LogP contribution in [-0.2, 0) is 26.2 Å². The number of anilines is 1. The SMILES string of the molecule is Cc1ccccc1CN(C(=O)CCCN(c1ccc2c(c1)OCO2)S(C)(=O)=O)[C@H](C)C(=O)NC(C)(C)C. The Balaban J connectivity index is 1.75. The van der Waals surface area contributed by atoms with Crippen molar-refractivity contribution in [1.29, 1.82) is 0 Å². The van der Waals surface area contributed by atoms with Gasteiger partial charge in [0.15, 0.2) is 11.5 Å². The van der Waals surface area contributed by atoms with Crippen molar-refractivity contribution in [1.82, 2.24) is 10.2 Å². The Labute approximate surface area is 219 Å². The van der Waals surface area contributed by atoms with Crippen LogP contribution in [0.5, 0.6) is 11.5 Å². The van der Waals surface area contributed by atoms with Crippen molar-refractivity contribution in [2.45, 2.75) is 65.6 Å². The molecule has 0 bridgehead atoms. The molecule has 9 nitrogen and oxygen atoms in total. The lowest BCUT2D eigenvalue weighted by Crippen LogP contribution is -2.52. The minimum Gasteiger partial charge on any atom is -0.454 e. The average Bonchev–Trinajstić information content (AvgIpc) is 3.26. The normalized spacial score (nSPS) is 13.7. The molecule has 2 aromatic carbocycles. The molecule has 0 saturated carbocycles. The smallest absolute Gasteiger partial charge is 0.242 e. The van der Waals surface area contributed by atoms with Gasteiger partial charge in [-0.3, -0.25) is 13.9 Å². The third-order valence-corrected chi connectivity index (χ3v) is 7.26. The van der Waals surface area contributed by atoms with E-state index in [9.17, 15) is 18.0 Å². The van der Waals surface area contributed by atoms with E-state index in [1.165, 1.54) is 4.31 Å². The van der Waals surface area contributed by atoms with E-state index in [0.29, 0.717) is 17.2 Å². The first-order valence-electron chi connectivity index (χ1n) is 12.3. The van der Waals surface area contributed by atoms with E-state index in [1.54, 1.807) is 30.0 Å². The molecule has 1 aliphatic rings. The summed E-state index contributed by atoms with van der Waals surface area (Å²) in [5.41, 5.74) is 1.97. The maximum absolute atomic E-state index is 13.4. The van der Waals surface area contributed by atoms with Crippen molar-refractivity contribution < 1.29 is 27.5 Å². The second-order valence-corrected chi connectivity index (χ2v) is 12.2. The molecule has 0 unspecified atom stereocenters. The number of fused-ring (bicyclic) bond motifs is 1. The molecular weight excluding hydrogens is 494 g/mol. The minimum absolute atomic E-state index is 0.0790. The monoisotopic (exact) mass is 531 g/mol. The lowest BCUT2D eigenvalue weighted by Gasteiger charge is -2.32. The summed E-state index contributed by atoms with van der Waals surface area (Å²) in [6.45, 7) is 9.82. The quantitative estimate of drug-likeness (QED) is 0.502. The maximum Gasteiger partial charge on any atom is 0.242 e. The van der Waals surface area contributed by atoms with Gasteiger partial charge in [-0.1, -0.05) is 24.3 Å². The summed E-state index contributed by atoms with van der Waals surface area (Å²) in [7, 11) is -3.61. The third kappa shape index (κ3) is 7.61. The molecule has 0 radical (unpaired) electrons. The fourth-order valence-corrected chi connectivity index (χ4v) is 5.03. The first-order chi connectivity index (χ1) is 17.3. The lowest BCUT2D eigenvalue weighted by molar-refractivity contribution is -0.141. The van der Waals surface area contributed by atoms with Gasteiger partial charge in [-0.15, -0.1) is 0 Å². The summed E-state index contributed by atoms with van der Waals surface area (Å²) < 4.78 is 37.1. The van der Waals surface area contributed by atoms with Crippen LogP contribution >= 0.6 is 0 Å². The number of hydrogen-bond acceptors (Lipinski definition) is 6. The van der Waals surface area contributed by atoms with Gasteiger partial charge >= 0.3 is 0 Å². The van der Waals surface area contributed by atoms with Crippen molar-refractivity contribution >= 4 is 27.5 Å². The molecule has 0 fully saturated rings. The number of benzene rings is 2. The number of nitrogens with one attached hydrogen (secondary N) is 1. The number of amides is 2. The van der Waals surface area contributed by atoms with Gasteiger partial charge in [-0.05, 0) is 64.3 Å². The number of aryl methyl sites for hydroxylation is 1. The average molecular weight is 532 g/mol. The summed E-state index contributed by atoms with van der Waals surface area (Å²) in [5, 5.41) is 2.95. The molecule has 0 spiro atoms. The standard InChI is InChI=1S/C27H37N3O6S/c1-19-10-7-8-11-21(19)17-29(20(2)26(32)28-27(3,4)5)25(31)12-9-15-30(37(6,33)34)22-13-14-23-24(16-22)36-18-35-23/h7-8,10-11,13-14,16,20H,9,12,15,17-18H2,1-6H3,(H,28,32)/t20-/m1/s1. The fourth-order valence-electron chi connectivity index (χ4n) is 4.07. The lowest BCUT2D eigenvalue weighted by atomic mass is 10.1. The highest BCUT2D eigenvalue weighted by atomic mass is 32.2. The number of rotatable bonds is 10. The van der Waals surface area contributed by atoms with Crippen LogP contribution in [0, 0.1) is 6.92 Å². The first kappa shape index (κ1) is 28.3. The van der Waals surface area contributed by atoms with Gasteiger partial charge in [-0.25, -0.2) is 8.42 Å². The molecule has 2 aromatic rings. The molecule has 1 atom stereocenters. The zero-order valence-electron chi connectivity index (χ0n) is 22.4. The number of ether oxygens (including phenoxy) is 2. The third-order valence-electron chi connectivity index (χ3n) is 6.06. The Morgan fingerprint density at radius 3 is 2.41 bits per heavy atom. The largest absolute Gasteiger partial charge is 0.454 e. The second kappa shape index (κ2) is 11.4. The van der Waals surface area contributed by atoms with Crippen molar-refractivity contribution in [2.24, 2.45) is 0 Å². The van der Waals surface area contributed by atoms with Crippen LogP contribution in [0.2, 0.25) is 0 Å². The maximum atomic E-state index is 13.4. The number of hydrogen-bond donors (Lipinski definition) is 1. The first-order valence-corrected chi connectivity index (χ1v) is 14.1. The van der Waals surface area contributed by atoms with Gasteiger partial charge in [-0.2, -0.15) is 0 Å². The van der Waals surface area contributed by atoms with E-state index >= 15 is 0 Å². The van der Waals surface area contributed by atoms with Crippen molar-refractivity contribution in [3.05, 3.63) is 53.6 Å². The van der Waals surface area contributed by atoms with E-state index in [0.717, 1.165) is 17.4 Å². The number of sulfonamides is 1. The molecule has 0 aromatic heterocycles. The molecule has 37 heavy (non-hydrogen) atoms. The van der Waals surface area contributed by atoms with Crippen LogP contribution in [0.15, 0.2) is 42.5 Å². The zero-order chi connectivity index (χ0) is 27.4. The zero-order valence-corrected chi connectivity index (χ0v) is 23.2. The molecule has 0 aliphatic carbocycles. The van der Waals surface area contributed by atoms with E-state index < -0.39 is 21.6 Å². The molecule has 2 amide bonds. The number of carbonyl (C=O) groups is 2. The van der Waals surface area contributed by atoms with Gasteiger partial charge in [0.2, 0.25) is 28.6 Å². The Hall–Kier alpha value is -3.27. The molecule has 1 N–H and O–H groups in total. The topological polar surface area (TPSA) is 105 Å². The summed E-state index contributed by atoms with van der Waals surface area (Å²) in [6, 6.07) is 12.0. The molecule has 0 saturated heterocycles. The van der Waals surface area contributed by atoms with E-state index in [2.05, 4.69) is 5.32 Å². The van der Waals surface area contributed by atoms with Crippen LogP contribution in [0.3, 0.4) is 0 Å². The van der Waals surface area contributed by atoms with Crippen molar-refractivity contribution in [2.75, 3.05) is 23.9 Å². The molecule has 10 heteroatoms. The Kier molecular flexibility index (Phi) is 8.73. The van der Waals surface area contributed by atoms with E-state index in [-0.39, 0.29) is 44.5 Å². The molecule has 3 rings (SSSR count). The molecular formula is C27H37N3O6S. The predicted octanol–water partition coefficient (Wildman–Crippen LogP) is 3.60. The van der Waals surface area contributed by atoms with Crippen LogP contribution in [-0.4, -0.2) is 56.3 Å². The minimum atomic E-state index is -3.61. The van der Waals surface area contributed by atoms with Crippen molar-refractivity contribution in [3.63, 3.8) is 0 Å². The Bertz CT molecular complexity index is 1240. The highest BCUT2D eigenvalue weighted by Crippen LogP contribution is 2.36. The predicted molar refractivity (Wildman–Crippen MR) is 143 cm³/mol. The summed E-state index contributed by atoms with van der Waals surface area (Å²) in [5.74, 6) is 0.568. The van der Waals surface area contributed by atoms with Crippen molar-refractivity contribution in [3.8, 4) is 11.5 Å². The summed E-state index contributed by atoms with van der Waals surface area (Å²) >= 11 is 0. The summed E-state index contributed by atoms with van der Waals surface area (Å²) in [4.78, 5) is 28.0. The van der Waals surface area contributed by atoms with Crippen LogP contribution in [0.4, 0.5) is 5.69 Å². The fraction of sp³-hybridized carbons (Fsp3) is 0.481. The Morgan fingerprint density at radius 2 is 1.76 bits per heavy atom. The Morgan fingerprint density at radius 1 is 1.08 bits per heavy atom. The van der Waals surface area contributed by atoms with Crippen LogP contribution in [0.1, 0.15) is 51.7 Å². The highest BCUT2D eigenvalue weighted by Gasteiger charge is 2.29. The molecule has 202 valence electrons. The van der Waals surface area contributed by atoms with Gasteiger partial charge in [0.05, 0.1) is 11.9 Å². The molecule has 1 heterocycles. The summed E-state index contributed by atoms with van der Waals surface area (Å²) in [6.07, 6.45) is 1.48. The van der Waals surface area contributed by atoms with Crippen LogP contribution in [0.25, 0.3) is 0 Å². The van der Waals surface area contributed by atoms with Gasteiger partial charge in [0, 0.05) is 31.1 Å². The highest BCUT2D eigenvalue weighted by molar-refractivity contribution is 7.92. The van der Waals surface area contributed by atoms with E-state index in [4.69, 9.17) is 9.47 Å². The molecule has 1 aliphatic heterocycles. The van der Waals surface area contributed by atoms with Crippen LogP contribution < -0.4 is 19.1 Å². The number of carbonyl (C=O) groups excluding carboxylic acids is 2. The second-order valence-electron chi connectivity index (χ2n) is 10.3. The van der Waals surface area contributed by atoms with E-state index in [1.807, 2.05) is 52.0 Å².